The first kappa shape index (κ1) is 28.0. The second kappa shape index (κ2) is 12.7. The van der Waals surface area contributed by atoms with E-state index in [-0.39, 0.29) is 12.2 Å². The fourth-order valence-corrected chi connectivity index (χ4v) is 9.16. The van der Waals surface area contributed by atoms with Crippen molar-refractivity contribution < 1.29 is 9.84 Å². The van der Waals surface area contributed by atoms with Crippen molar-refractivity contribution in [2.24, 2.45) is 29.6 Å². The van der Waals surface area contributed by atoms with E-state index in [1.54, 1.807) is 0 Å². The van der Waals surface area contributed by atoms with Gasteiger partial charge in [0.05, 0.1) is 12.2 Å². The molecular formula is C34H51IO2. The summed E-state index contributed by atoms with van der Waals surface area (Å²) >= 11 is 2.66. The summed E-state index contributed by atoms with van der Waals surface area (Å²) in [5.74, 6) is 6.01. The Hall–Kier alpha value is -0.550. The number of ether oxygens (including phenoxy) is 1. The molecule has 4 unspecified atom stereocenters. The molecule has 3 heteroatoms. The van der Waals surface area contributed by atoms with Crippen LogP contribution in [0.5, 0.6) is 5.75 Å². The monoisotopic (exact) mass is 618 g/mol. The first-order chi connectivity index (χ1) is 17.9. The molecule has 0 aromatic heterocycles. The molecule has 4 saturated carbocycles. The summed E-state index contributed by atoms with van der Waals surface area (Å²) in [6.07, 6.45) is 23.5. The highest BCUT2D eigenvalue weighted by Gasteiger charge is 2.36. The summed E-state index contributed by atoms with van der Waals surface area (Å²) in [5, 5.41) is 10.1. The molecule has 206 valence electrons. The predicted molar refractivity (Wildman–Crippen MR) is 165 cm³/mol. The molecule has 0 saturated heterocycles. The van der Waals surface area contributed by atoms with Crippen LogP contribution in [0.3, 0.4) is 0 Å². The van der Waals surface area contributed by atoms with E-state index in [2.05, 4.69) is 67.6 Å². The van der Waals surface area contributed by atoms with E-state index in [4.69, 9.17) is 4.74 Å². The SMILES string of the molecule is Cc1c(C2CCC3CC(O)CCC3C2)ccc(/C=C/C2CCC(C3CCC(I)CC3)CC2)c1OC(C)C. The molecule has 0 radical (unpaired) electrons. The standard InChI is InChI=1S/C34H51IO2/c1-22(2)37-34-23(3)33(30-11-10-29-21-32(36)18-14-28(29)20-30)19-15-27(34)9-6-24-4-7-25(8-5-24)26-12-16-31(35)17-13-26/h6,9,15,19,22,24-26,28-32,36H,4-5,7-8,10-14,16-18,20-21H2,1-3H3/b9-6+. The summed E-state index contributed by atoms with van der Waals surface area (Å²) < 4.78 is 7.42. The van der Waals surface area contributed by atoms with Gasteiger partial charge in [-0.2, -0.15) is 0 Å². The molecule has 2 nitrogen and oxygen atoms in total. The Kier molecular flexibility index (Phi) is 9.65. The predicted octanol–water partition coefficient (Wildman–Crippen LogP) is 9.64. The lowest BCUT2D eigenvalue weighted by molar-refractivity contribution is 0.0441. The van der Waals surface area contributed by atoms with Crippen molar-refractivity contribution in [1.82, 2.24) is 0 Å². The van der Waals surface area contributed by atoms with Gasteiger partial charge in [-0.05, 0) is 157 Å². The highest BCUT2D eigenvalue weighted by molar-refractivity contribution is 14.1. The number of rotatable bonds is 6. The average molecular weight is 619 g/mol. The Morgan fingerprint density at radius 2 is 1.43 bits per heavy atom. The molecule has 4 atom stereocenters. The van der Waals surface area contributed by atoms with Crippen LogP contribution < -0.4 is 4.74 Å². The van der Waals surface area contributed by atoms with E-state index in [0.717, 1.165) is 52.1 Å². The van der Waals surface area contributed by atoms with Crippen molar-refractivity contribution >= 4 is 28.7 Å². The third kappa shape index (κ3) is 6.97. The van der Waals surface area contributed by atoms with E-state index in [1.807, 2.05) is 0 Å². The summed E-state index contributed by atoms with van der Waals surface area (Å²) in [7, 11) is 0. The van der Waals surface area contributed by atoms with Gasteiger partial charge in [-0.25, -0.2) is 0 Å². The molecule has 1 aromatic carbocycles. The summed E-state index contributed by atoms with van der Waals surface area (Å²) in [5.41, 5.74) is 4.15. The van der Waals surface area contributed by atoms with Gasteiger partial charge in [0.2, 0.25) is 0 Å². The Morgan fingerprint density at radius 1 is 0.811 bits per heavy atom. The second-order valence-corrected chi connectivity index (χ2v) is 15.2. The fraction of sp³-hybridized carbons (Fsp3) is 0.765. The molecule has 0 spiro atoms. The molecule has 0 bridgehead atoms. The van der Waals surface area contributed by atoms with Crippen LogP contribution in [0, 0.1) is 36.5 Å². The zero-order valence-electron chi connectivity index (χ0n) is 23.6. The number of benzene rings is 1. The smallest absolute Gasteiger partial charge is 0.130 e. The topological polar surface area (TPSA) is 29.5 Å². The second-order valence-electron chi connectivity index (χ2n) is 13.4. The normalized spacial score (nSPS) is 37.0. The number of halogens is 1. The van der Waals surface area contributed by atoms with E-state index >= 15 is 0 Å². The molecule has 4 fully saturated rings. The molecule has 1 N–H and O–H groups in total. The largest absolute Gasteiger partial charge is 0.490 e. The zero-order chi connectivity index (χ0) is 25.9. The van der Waals surface area contributed by atoms with Crippen molar-refractivity contribution in [3.63, 3.8) is 0 Å². The molecule has 37 heavy (non-hydrogen) atoms. The maximum Gasteiger partial charge on any atom is 0.130 e. The lowest BCUT2D eigenvalue weighted by atomic mass is 9.65. The quantitative estimate of drug-likeness (QED) is 0.254. The summed E-state index contributed by atoms with van der Waals surface area (Å²) in [6, 6.07) is 4.77. The molecule has 0 heterocycles. The Labute approximate surface area is 240 Å². The van der Waals surface area contributed by atoms with Crippen molar-refractivity contribution in [3.05, 3.63) is 34.9 Å². The number of aliphatic hydroxyl groups is 1. The zero-order valence-corrected chi connectivity index (χ0v) is 25.8. The van der Waals surface area contributed by atoms with Crippen molar-refractivity contribution in [2.45, 2.75) is 133 Å². The molecular weight excluding hydrogens is 567 g/mol. The first-order valence-corrected chi connectivity index (χ1v) is 16.9. The minimum Gasteiger partial charge on any atom is -0.490 e. The van der Waals surface area contributed by atoms with Crippen LogP contribution in [-0.2, 0) is 0 Å². The molecule has 4 aliphatic rings. The van der Waals surface area contributed by atoms with Crippen molar-refractivity contribution in [2.75, 3.05) is 0 Å². The van der Waals surface area contributed by atoms with Gasteiger partial charge in [0, 0.05) is 9.49 Å². The highest BCUT2D eigenvalue weighted by atomic mass is 127. The number of hydrogen-bond donors (Lipinski definition) is 1. The van der Waals surface area contributed by atoms with Gasteiger partial charge in [-0.1, -0.05) is 46.9 Å². The van der Waals surface area contributed by atoms with Crippen LogP contribution in [0.25, 0.3) is 6.08 Å². The van der Waals surface area contributed by atoms with Gasteiger partial charge in [0.15, 0.2) is 0 Å². The van der Waals surface area contributed by atoms with Crippen LogP contribution in [0.4, 0.5) is 0 Å². The van der Waals surface area contributed by atoms with E-state index in [0.29, 0.717) is 5.92 Å². The van der Waals surface area contributed by atoms with Crippen LogP contribution in [-0.4, -0.2) is 21.2 Å². The van der Waals surface area contributed by atoms with E-state index < -0.39 is 0 Å². The molecule has 4 aliphatic carbocycles. The number of fused-ring (bicyclic) bond motifs is 1. The van der Waals surface area contributed by atoms with Gasteiger partial charge < -0.3 is 9.84 Å². The maximum atomic E-state index is 10.1. The fourth-order valence-electron chi connectivity index (χ4n) is 8.44. The highest BCUT2D eigenvalue weighted by Crippen LogP contribution is 2.48. The Morgan fingerprint density at radius 3 is 2.14 bits per heavy atom. The van der Waals surface area contributed by atoms with Gasteiger partial charge in [0.25, 0.3) is 0 Å². The third-order valence-corrected chi connectivity index (χ3v) is 11.8. The number of aliphatic hydroxyl groups excluding tert-OH is 1. The molecule has 5 rings (SSSR count). The lowest BCUT2D eigenvalue weighted by Gasteiger charge is -2.41. The summed E-state index contributed by atoms with van der Waals surface area (Å²) in [6.45, 7) is 6.62. The average Bonchev–Trinajstić information content (AvgIpc) is 2.89. The maximum absolute atomic E-state index is 10.1. The number of allylic oxidation sites excluding steroid dienone is 1. The van der Waals surface area contributed by atoms with E-state index in [9.17, 15) is 5.11 Å². The number of hydrogen-bond acceptors (Lipinski definition) is 2. The Balaban J connectivity index is 1.24. The Bertz CT molecular complexity index is 907. The molecule has 1 aromatic rings. The van der Waals surface area contributed by atoms with Gasteiger partial charge in [-0.15, -0.1) is 0 Å². The van der Waals surface area contributed by atoms with Gasteiger partial charge >= 0.3 is 0 Å². The van der Waals surface area contributed by atoms with Gasteiger partial charge in [-0.3, -0.25) is 0 Å². The van der Waals surface area contributed by atoms with Crippen LogP contribution in [0.2, 0.25) is 0 Å². The van der Waals surface area contributed by atoms with Crippen LogP contribution in [0.15, 0.2) is 18.2 Å². The van der Waals surface area contributed by atoms with E-state index in [1.165, 1.54) is 93.7 Å². The van der Waals surface area contributed by atoms with Crippen LogP contribution in [0.1, 0.15) is 126 Å². The third-order valence-electron chi connectivity index (χ3n) is 10.6. The molecule has 0 aliphatic heterocycles. The summed E-state index contributed by atoms with van der Waals surface area (Å²) in [4.78, 5) is 0. The number of alkyl halides is 1. The first-order valence-electron chi connectivity index (χ1n) is 15.7. The lowest BCUT2D eigenvalue weighted by Crippen LogP contribution is -2.32. The van der Waals surface area contributed by atoms with Crippen molar-refractivity contribution in [3.8, 4) is 5.75 Å². The van der Waals surface area contributed by atoms with Crippen LogP contribution >= 0.6 is 22.6 Å². The minimum absolute atomic E-state index is 0.0533. The van der Waals surface area contributed by atoms with Crippen molar-refractivity contribution in [1.29, 1.82) is 0 Å². The minimum atomic E-state index is -0.0533. The van der Waals surface area contributed by atoms with Gasteiger partial charge in [0.1, 0.15) is 5.75 Å². The molecule has 0 amide bonds.